The maximum Gasteiger partial charge on any atom is 0.155 e. The lowest BCUT2D eigenvalue weighted by Gasteiger charge is -1.83. The Labute approximate surface area is 52.0 Å². The van der Waals surface area contributed by atoms with Gasteiger partial charge in [0.15, 0.2) is 5.76 Å². The first-order valence-electron chi connectivity index (χ1n) is 2.40. The van der Waals surface area contributed by atoms with Crippen molar-refractivity contribution in [3.63, 3.8) is 0 Å². The van der Waals surface area contributed by atoms with Crippen LogP contribution in [0.4, 0.5) is 0 Å². The molecule has 1 aromatic heterocycles. The highest BCUT2D eigenvalue weighted by atomic mass is 16.3. The largest absolute Gasteiger partial charge is 0.463 e. The molecule has 1 heterocycles. The predicted molar refractivity (Wildman–Crippen MR) is 33.5 cm³/mol. The number of hydrogen-bond donors (Lipinski definition) is 0. The van der Waals surface area contributed by atoms with Crippen molar-refractivity contribution in [2.24, 2.45) is 5.18 Å². The second-order valence-electron chi connectivity index (χ2n) is 1.52. The van der Waals surface area contributed by atoms with E-state index in [4.69, 9.17) is 4.42 Å². The minimum Gasteiger partial charge on any atom is -0.463 e. The van der Waals surface area contributed by atoms with Gasteiger partial charge in [0.1, 0.15) is 5.70 Å². The highest BCUT2D eigenvalue weighted by Crippen LogP contribution is 2.12. The molecule has 0 bridgehead atoms. The zero-order valence-corrected chi connectivity index (χ0v) is 4.70. The van der Waals surface area contributed by atoms with Gasteiger partial charge < -0.3 is 4.42 Å². The van der Waals surface area contributed by atoms with Gasteiger partial charge in [-0.05, 0) is 17.3 Å². The molecule has 46 valence electrons. The fourth-order valence-corrected chi connectivity index (χ4v) is 0.488. The van der Waals surface area contributed by atoms with Crippen LogP contribution in [0.3, 0.4) is 0 Å². The summed E-state index contributed by atoms with van der Waals surface area (Å²) in [7, 11) is 0. The van der Waals surface area contributed by atoms with Crippen LogP contribution in [-0.2, 0) is 0 Å². The maximum absolute atomic E-state index is 9.79. The molecule has 0 aliphatic heterocycles. The first-order valence-corrected chi connectivity index (χ1v) is 2.40. The van der Waals surface area contributed by atoms with Crippen molar-refractivity contribution in [2.45, 2.75) is 0 Å². The van der Waals surface area contributed by atoms with E-state index in [0.717, 1.165) is 0 Å². The summed E-state index contributed by atoms with van der Waals surface area (Å²) in [6.45, 7) is 3.34. The van der Waals surface area contributed by atoms with E-state index in [-0.39, 0.29) is 5.70 Å². The molecule has 0 fully saturated rings. The normalized spacial score (nSPS) is 8.89. The van der Waals surface area contributed by atoms with Crippen molar-refractivity contribution < 1.29 is 4.42 Å². The van der Waals surface area contributed by atoms with Gasteiger partial charge in [0, 0.05) is 0 Å². The Bertz CT molecular complexity index is 213. The molecule has 1 aromatic rings. The second kappa shape index (κ2) is 2.26. The lowest BCUT2D eigenvalue weighted by molar-refractivity contribution is 0.552. The van der Waals surface area contributed by atoms with Crippen molar-refractivity contribution in [1.29, 1.82) is 0 Å². The van der Waals surface area contributed by atoms with Gasteiger partial charge in [-0.2, -0.15) is 0 Å². The molecule has 0 radical (unpaired) electrons. The van der Waals surface area contributed by atoms with Gasteiger partial charge in [0.25, 0.3) is 0 Å². The minimum absolute atomic E-state index is 0.125. The Morgan fingerprint density at radius 3 is 3.00 bits per heavy atom. The summed E-state index contributed by atoms with van der Waals surface area (Å²) in [4.78, 5) is 9.79. The monoisotopic (exact) mass is 123 g/mol. The predicted octanol–water partition coefficient (Wildman–Crippen LogP) is 2.02. The van der Waals surface area contributed by atoms with Crippen LogP contribution in [0.1, 0.15) is 5.76 Å². The van der Waals surface area contributed by atoms with Gasteiger partial charge in [-0.15, -0.1) is 4.91 Å². The number of nitrogens with zero attached hydrogens (tertiary/aromatic N) is 1. The number of nitroso groups, excluding NO2 is 1. The number of furan rings is 1. The maximum atomic E-state index is 9.79. The van der Waals surface area contributed by atoms with Gasteiger partial charge in [0.2, 0.25) is 0 Å². The molecule has 0 aliphatic carbocycles. The fraction of sp³-hybridized carbons (Fsp3) is 0. The van der Waals surface area contributed by atoms with E-state index in [1.807, 2.05) is 0 Å². The molecular formula is C6H5NO2. The quantitative estimate of drug-likeness (QED) is 0.564. The van der Waals surface area contributed by atoms with Crippen molar-refractivity contribution in [3.05, 3.63) is 35.6 Å². The van der Waals surface area contributed by atoms with E-state index in [1.165, 1.54) is 6.26 Å². The molecule has 0 saturated carbocycles. The summed E-state index contributed by atoms with van der Waals surface area (Å²) >= 11 is 0. The zero-order valence-electron chi connectivity index (χ0n) is 4.70. The molecule has 0 N–H and O–H groups in total. The van der Waals surface area contributed by atoms with Gasteiger partial charge in [-0.25, -0.2) is 0 Å². The summed E-state index contributed by atoms with van der Waals surface area (Å²) in [5, 5.41) is 2.59. The fourth-order valence-electron chi connectivity index (χ4n) is 0.488. The number of hydrogen-bond acceptors (Lipinski definition) is 3. The second-order valence-corrected chi connectivity index (χ2v) is 1.52. The lowest BCUT2D eigenvalue weighted by atomic mass is 10.4. The minimum atomic E-state index is 0.125. The molecule has 0 spiro atoms. The van der Waals surface area contributed by atoms with E-state index < -0.39 is 0 Å². The van der Waals surface area contributed by atoms with Crippen molar-refractivity contribution in [2.75, 3.05) is 0 Å². The Morgan fingerprint density at radius 2 is 2.56 bits per heavy atom. The first kappa shape index (κ1) is 5.75. The van der Waals surface area contributed by atoms with Crippen LogP contribution < -0.4 is 0 Å². The van der Waals surface area contributed by atoms with Crippen molar-refractivity contribution >= 4 is 5.70 Å². The van der Waals surface area contributed by atoms with E-state index >= 15 is 0 Å². The summed E-state index contributed by atoms with van der Waals surface area (Å²) < 4.78 is 4.79. The highest BCUT2D eigenvalue weighted by Gasteiger charge is 1.98. The Balaban J connectivity index is 2.89. The molecule has 3 heteroatoms. The third-order valence-corrected chi connectivity index (χ3v) is 0.916. The highest BCUT2D eigenvalue weighted by molar-refractivity contribution is 5.56. The van der Waals surface area contributed by atoms with Crippen molar-refractivity contribution in [3.8, 4) is 0 Å². The summed E-state index contributed by atoms with van der Waals surface area (Å²) in [6.07, 6.45) is 1.46. The van der Waals surface area contributed by atoms with Gasteiger partial charge >= 0.3 is 0 Å². The molecule has 0 atom stereocenters. The van der Waals surface area contributed by atoms with Gasteiger partial charge in [-0.1, -0.05) is 6.58 Å². The lowest BCUT2D eigenvalue weighted by Crippen LogP contribution is -1.68. The molecule has 0 aromatic carbocycles. The van der Waals surface area contributed by atoms with Crippen LogP contribution in [-0.4, -0.2) is 0 Å². The molecule has 0 unspecified atom stereocenters. The average molecular weight is 123 g/mol. The number of rotatable bonds is 2. The topological polar surface area (TPSA) is 42.6 Å². The summed E-state index contributed by atoms with van der Waals surface area (Å²) in [5.41, 5.74) is 0.125. The molecular weight excluding hydrogens is 118 g/mol. The Morgan fingerprint density at radius 1 is 1.78 bits per heavy atom. The third-order valence-electron chi connectivity index (χ3n) is 0.916. The van der Waals surface area contributed by atoms with E-state index in [0.29, 0.717) is 5.76 Å². The molecule has 1 rings (SSSR count). The van der Waals surface area contributed by atoms with Crippen LogP contribution >= 0.6 is 0 Å². The summed E-state index contributed by atoms with van der Waals surface area (Å²) in [5.74, 6) is 0.421. The molecule has 3 nitrogen and oxygen atoms in total. The molecule has 9 heavy (non-hydrogen) atoms. The molecule has 0 aliphatic rings. The van der Waals surface area contributed by atoms with Gasteiger partial charge in [-0.3, -0.25) is 0 Å². The van der Waals surface area contributed by atoms with Crippen molar-refractivity contribution in [1.82, 2.24) is 0 Å². The standard InChI is InChI=1S/C6H5NO2/c1-5(7-8)6-3-2-4-9-6/h2-4H,1H2. The van der Waals surface area contributed by atoms with Crippen LogP contribution in [0.15, 0.2) is 34.6 Å². The van der Waals surface area contributed by atoms with Crippen LogP contribution in [0.25, 0.3) is 5.70 Å². The SMILES string of the molecule is C=C(N=O)c1ccco1. The first-order chi connectivity index (χ1) is 4.34. The Hall–Kier alpha value is -1.38. The smallest absolute Gasteiger partial charge is 0.155 e. The molecule has 0 saturated heterocycles. The zero-order chi connectivity index (χ0) is 6.69. The molecule has 0 amide bonds. The van der Waals surface area contributed by atoms with Crippen LogP contribution in [0.2, 0.25) is 0 Å². The third kappa shape index (κ3) is 1.05. The summed E-state index contributed by atoms with van der Waals surface area (Å²) in [6, 6.07) is 3.30. The van der Waals surface area contributed by atoms with Gasteiger partial charge in [0.05, 0.1) is 6.26 Å². The van der Waals surface area contributed by atoms with E-state index in [1.54, 1.807) is 12.1 Å². The average Bonchev–Trinajstić information content (AvgIpc) is 2.37. The van der Waals surface area contributed by atoms with Crippen LogP contribution in [0.5, 0.6) is 0 Å². The van der Waals surface area contributed by atoms with E-state index in [9.17, 15) is 4.91 Å². The van der Waals surface area contributed by atoms with E-state index in [2.05, 4.69) is 11.8 Å². The Kier molecular flexibility index (Phi) is 1.44. The van der Waals surface area contributed by atoms with Crippen LogP contribution in [0, 0.1) is 4.91 Å².